The van der Waals surface area contributed by atoms with Gasteiger partial charge in [0, 0.05) is 12.1 Å². The van der Waals surface area contributed by atoms with Gasteiger partial charge in [0.1, 0.15) is 24.2 Å². The Morgan fingerprint density at radius 2 is 1.72 bits per heavy atom. The van der Waals surface area contributed by atoms with E-state index in [1.54, 1.807) is 0 Å². The van der Waals surface area contributed by atoms with Crippen LogP contribution in [0.2, 0.25) is 0 Å². The summed E-state index contributed by atoms with van der Waals surface area (Å²) >= 11 is 0. The smallest absolute Gasteiger partial charge is 0.312 e. The predicted octanol–water partition coefficient (Wildman–Crippen LogP) is 5.88. The van der Waals surface area contributed by atoms with Gasteiger partial charge in [0.05, 0.1) is 42.8 Å². The van der Waals surface area contributed by atoms with Gasteiger partial charge in [0.2, 0.25) is 0 Å². The zero-order valence-electron chi connectivity index (χ0n) is 26.3. The van der Waals surface area contributed by atoms with Crippen molar-refractivity contribution in [3.8, 4) is 17.6 Å². The number of nitrogens with one attached hydrogen (secondary N) is 1. The molecule has 9 heteroatoms. The number of nitrogens with zero attached hydrogens (tertiary/aromatic N) is 1. The Morgan fingerprint density at radius 3 is 2.46 bits per heavy atom. The van der Waals surface area contributed by atoms with Crippen LogP contribution >= 0.6 is 0 Å². The molecule has 46 heavy (non-hydrogen) atoms. The number of carbonyl (C=O) groups excluding carboxylic acids is 3. The van der Waals surface area contributed by atoms with Crippen molar-refractivity contribution in [1.29, 1.82) is 5.26 Å². The molecule has 4 atom stereocenters. The van der Waals surface area contributed by atoms with Gasteiger partial charge in [-0.15, -0.1) is 0 Å². The Balaban J connectivity index is 1.11. The largest absolute Gasteiger partial charge is 0.496 e. The fraction of sp³-hybridized carbons (Fsp3) is 0.405. The average molecular weight is 623 g/mol. The molecule has 1 amide bonds. The number of benzene rings is 3. The fourth-order valence-corrected chi connectivity index (χ4v) is 7.26. The Morgan fingerprint density at radius 1 is 0.978 bits per heavy atom. The summed E-state index contributed by atoms with van der Waals surface area (Å²) in [5, 5.41) is 15.1. The van der Waals surface area contributed by atoms with Gasteiger partial charge < -0.3 is 24.3 Å². The first-order valence-electron chi connectivity index (χ1n) is 15.7. The fourth-order valence-electron chi connectivity index (χ4n) is 7.26. The molecule has 1 N–H and O–H groups in total. The third kappa shape index (κ3) is 5.92. The molecule has 0 unspecified atom stereocenters. The van der Waals surface area contributed by atoms with Crippen LogP contribution in [-0.2, 0) is 25.7 Å². The van der Waals surface area contributed by atoms with Crippen molar-refractivity contribution in [3.63, 3.8) is 0 Å². The van der Waals surface area contributed by atoms with Crippen LogP contribution in [0.1, 0.15) is 60.5 Å². The van der Waals surface area contributed by atoms with E-state index < -0.39 is 23.3 Å². The van der Waals surface area contributed by atoms with Crippen LogP contribution in [0.3, 0.4) is 0 Å². The molecule has 3 aliphatic rings. The Kier molecular flexibility index (Phi) is 8.72. The second-order valence-corrected chi connectivity index (χ2v) is 12.7. The molecule has 2 bridgehead atoms. The van der Waals surface area contributed by atoms with Gasteiger partial charge in [-0.1, -0.05) is 54.6 Å². The van der Waals surface area contributed by atoms with E-state index in [0.717, 1.165) is 22.8 Å². The number of esters is 2. The first-order valence-corrected chi connectivity index (χ1v) is 15.7. The summed E-state index contributed by atoms with van der Waals surface area (Å²) in [6.45, 7) is 2.13. The number of amides is 1. The number of rotatable bonds is 9. The minimum Gasteiger partial charge on any atom is -0.496 e. The molecule has 238 valence electrons. The van der Waals surface area contributed by atoms with Crippen molar-refractivity contribution < 1.29 is 33.3 Å². The number of nitriles is 1. The van der Waals surface area contributed by atoms with Crippen LogP contribution in [0.25, 0.3) is 10.8 Å². The number of hydrogen-bond acceptors (Lipinski definition) is 8. The van der Waals surface area contributed by atoms with Crippen molar-refractivity contribution >= 4 is 28.6 Å². The second kappa shape index (κ2) is 12.9. The number of methoxy groups -OCH3 is 2. The van der Waals surface area contributed by atoms with Crippen molar-refractivity contribution in [3.05, 3.63) is 83.4 Å². The SMILES string of the molecule is COC(=O)[C@@H]1[C@H](NC(=O)c2cc(O[C@H]3CC[C@@](C)(C(=O)OCc4cccc5ccccc45)CC3)c(C#N)cc2OC)[C@@H]2C=C[C@@H]1C2. The van der Waals surface area contributed by atoms with E-state index >= 15 is 0 Å². The van der Waals surface area contributed by atoms with E-state index in [1.165, 1.54) is 26.4 Å². The lowest BCUT2D eigenvalue weighted by Gasteiger charge is -2.35. The number of allylic oxidation sites excluding steroid dienone is 1. The van der Waals surface area contributed by atoms with E-state index in [-0.39, 0.29) is 59.1 Å². The second-order valence-electron chi connectivity index (χ2n) is 12.7. The Labute approximate surface area is 268 Å². The standard InChI is InChI=1S/C37H38N2O7/c1-37(36(42)45-21-25-9-6-8-22-7-4-5-10-28(22)25)15-13-27(14-16-37)46-30-19-29(31(43-2)18-26(30)20-38)34(40)39-33-24-12-11-23(17-24)32(33)35(41)44-3/h4-12,18-19,23-24,27,32-33H,13-17,21H2,1-3H3,(H,39,40)/t23-,24-,27-,32+,33-,37+/m1/s1. The summed E-state index contributed by atoms with van der Waals surface area (Å²) in [4.78, 5) is 39.4. The molecule has 2 saturated carbocycles. The molecule has 0 heterocycles. The van der Waals surface area contributed by atoms with Gasteiger partial charge in [0.25, 0.3) is 5.91 Å². The van der Waals surface area contributed by atoms with Gasteiger partial charge >= 0.3 is 11.9 Å². The minimum absolute atomic E-state index is 0.0250. The lowest BCUT2D eigenvalue weighted by molar-refractivity contribution is -0.159. The van der Waals surface area contributed by atoms with Crippen molar-refractivity contribution in [2.75, 3.05) is 14.2 Å². The molecule has 2 fully saturated rings. The highest BCUT2D eigenvalue weighted by molar-refractivity contribution is 5.98. The molecule has 6 rings (SSSR count). The zero-order chi connectivity index (χ0) is 32.4. The zero-order valence-corrected chi connectivity index (χ0v) is 26.3. The number of ether oxygens (including phenoxy) is 4. The maximum atomic E-state index is 13.6. The van der Waals surface area contributed by atoms with E-state index in [1.807, 2.05) is 61.5 Å². The van der Waals surface area contributed by atoms with Gasteiger partial charge in [-0.05, 0) is 73.3 Å². The van der Waals surface area contributed by atoms with Gasteiger partial charge in [-0.25, -0.2) is 0 Å². The molecule has 0 saturated heterocycles. The lowest BCUT2D eigenvalue weighted by Crippen LogP contribution is -2.46. The highest BCUT2D eigenvalue weighted by Crippen LogP contribution is 2.45. The molecule has 3 aromatic rings. The van der Waals surface area contributed by atoms with E-state index in [9.17, 15) is 19.6 Å². The average Bonchev–Trinajstić information content (AvgIpc) is 3.70. The molecule has 0 aromatic heterocycles. The quantitative estimate of drug-likeness (QED) is 0.232. The topological polar surface area (TPSA) is 124 Å². The lowest BCUT2D eigenvalue weighted by atomic mass is 9.74. The van der Waals surface area contributed by atoms with Crippen molar-refractivity contribution in [2.24, 2.45) is 23.2 Å². The maximum Gasteiger partial charge on any atom is 0.312 e. The summed E-state index contributed by atoms with van der Waals surface area (Å²) in [7, 11) is 2.79. The third-order valence-electron chi connectivity index (χ3n) is 9.96. The highest BCUT2D eigenvalue weighted by Gasteiger charge is 2.49. The molecule has 3 aliphatic carbocycles. The molecule has 3 aromatic carbocycles. The van der Waals surface area contributed by atoms with Crippen LogP contribution in [-0.4, -0.2) is 44.2 Å². The van der Waals surface area contributed by atoms with Crippen molar-refractivity contribution in [1.82, 2.24) is 5.32 Å². The highest BCUT2D eigenvalue weighted by atomic mass is 16.5. The van der Waals surface area contributed by atoms with Gasteiger partial charge in [-0.3, -0.25) is 14.4 Å². The molecule has 0 radical (unpaired) electrons. The van der Waals surface area contributed by atoms with Crippen LogP contribution in [0.5, 0.6) is 11.5 Å². The first-order chi connectivity index (χ1) is 22.2. The normalized spacial score (nSPS) is 26.3. The Hall–Kier alpha value is -4.84. The van der Waals surface area contributed by atoms with E-state index in [0.29, 0.717) is 25.7 Å². The van der Waals surface area contributed by atoms with E-state index in [4.69, 9.17) is 18.9 Å². The summed E-state index contributed by atoms with van der Waals surface area (Å²) in [6, 6.07) is 18.8. The predicted molar refractivity (Wildman–Crippen MR) is 170 cm³/mol. The van der Waals surface area contributed by atoms with Crippen LogP contribution in [0.15, 0.2) is 66.7 Å². The molecule has 9 nitrogen and oxygen atoms in total. The molecular formula is C37H38N2O7. The molecule has 0 aliphatic heterocycles. The number of hydrogen-bond donors (Lipinski definition) is 1. The van der Waals surface area contributed by atoms with Crippen molar-refractivity contribution in [2.45, 2.75) is 57.8 Å². The molecular weight excluding hydrogens is 584 g/mol. The van der Waals surface area contributed by atoms with Crippen LogP contribution in [0, 0.1) is 34.5 Å². The molecule has 0 spiro atoms. The number of fused-ring (bicyclic) bond motifs is 3. The first kappa shape index (κ1) is 31.2. The summed E-state index contributed by atoms with van der Waals surface area (Å²) in [5.74, 6) is -0.890. The summed E-state index contributed by atoms with van der Waals surface area (Å²) in [5.41, 5.74) is 0.767. The Bertz CT molecular complexity index is 1730. The van der Waals surface area contributed by atoms with E-state index in [2.05, 4.69) is 11.4 Å². The third-order valence-corrected chi connectivity index (χ3v) is 9.96. The summed E-state index contributed by atoms with van der Waals surface area (Å²) in [6.07, 6.45) is 6.86. The minimum atomic E-state index is -0.654. The van der Waals surface area contributed by atoms with Crippen LogP contribution in [0.4, 0.5) is 0 Å². The summed E-state index contributed by atoms with van der Waals surface area (Å²) < 4.78 is 22.7. The monoisotopic (exact) mass is 622 g/mol. The maximum absolute atomic E-state index is 13.6. The van der Waals surface area contributed by atoms with Gasteiger partial charge in [-0.2, -0.15) is 5.26 Å². The van der Waals surface area contributed by atoms with Crippen LogP contribution < -0.4 is 14.8 Å². The van der Waals surface area contributed by atoms with Gasteiger partial charge in [0.15, 0.2) is 0 Å². The number of carbonyl (C=O) groups is 3.